The zero-order chi connectivity index (χ0) is 14.7. The Morgan fingerprint density at radius 2 is 2.14 bits per heavy atom. The molecule has 0 bridgehead atoms. The Kier molecular flexibility index (Phi) is 4.45. The summed E-state index contributed by atoms with van der Waals surface area (Å²) in [6.45, 7) is 4.13. The van der Waals surface area contributed by atoms with Gasteiger partial charge in [0.25, 0.3) is 0 Å². The van der Waals surface area contributed by atoms with Gasteiger partial charge in [-0.15, -0.1) is 16.4 Å². The number of rotatable bonds is 5. The lowest BCUT2D eigenvalue weighted by atomic mass is 10.1. The van der Waals surface area contributed by atoms with E-state index in [2.05, 4.69) is 28.6 Å². The average molecular weight is 304 g/mol. The molecule has 1 fully saturated rings. The summed E-state index contributed by atoms with van der Waals surface area (Å²) in [5.74, 6) is 0.0553. The number of thiophene rings is 1. The highest BCUT2D eigenvalue weighted by Gasteiger charge is 2.19. The van der Waals surface area contributed by atoms with E-state index in [1.54, 1.807) is 11.3 Å². The number of nitrogens with one attached hydrogen (secondary N) is 1. The smallest absolute Gasteiger partial charge is 0.189 e. The van der Waals surface area contributed by atoms with Crippen molar-refractivity contribution in [2.24, 2.45) is 0 Å². The molecule has 0 aromatic carbocycles. The van der Waals surface area contributed by atoms with Crippen molar-refractivity contribution in [3.8, 4) is 0 Å². The second kappa shape index (κ2) is 6.49. The van der Waals surface area contributed by atoms with Gasteiger partial charge < -0.3 is 5.32 Å². The molecule has 0 spiro atoms. The van der Waals surface area contributed by atoms with Crippen LogP contribution in [0.2, 0.25) is 0 Å². The van der Waals surface area contributed by atoms with Crippen LogP contribution in [0.4, 0.5) is 0 Å². The fraction of sp³-hybridized carbons (Fsp3) is 0.533. The van der Waals surface area contributed by atoms with Crippen molar-refractivity contribution in [2.75, 3.05) is 13.1 Å². The van der Waals surface area contributed by atoms with Crippen molar-refractivity contribution in [1.29, 1.82) is 0 Å². The number of aromatic nitrogens is 3. The van der Waals surface area contributed by atoms with Gasteiger partial charge in [-0.2, -0.15) is 0 Å². The molecule has 0 amide bonds. The van der Waals surface area contributed by atoms with Crippen LogP contribution in [0.5, 0.6) is 0 Å². The summed E-state index contributed by atoms with van der Waals surface area (Å²) in [5, 5.41) is 11.5. The maximum atomic E-state index is 12.3. The van der Waals surface area contributed by atoms with Gasteiger partial charge in [0.1, 0.15) is 5.69 Å². The maximum absolute atomic E-state index is 12.3. The number of nitrogens with zero attached hydrogens (tertiary/aromatic N) is 3. The molecule has 1 aliphatic rings. The molecule has 0 saturated carbocycles. The molecule has 1 aliphatic heterocycles. The largest absolute Gasteiger partial charge is 0.317 e. The fourth-order valence-electron chi connectivity index (χ4n) is 2.61. The van der Waals surface area contributed by atoms with Crippen LogP contribution in [0.15, 0.2) is 18.3 Å². The van der Waals surface area contributed by atoms with Crippen molar-refractivity contribution in [3.05, 3.63) is 33.8 Å². The molecule has 0 atom stereocenters. The van der Waals surface area contributed by atoms with E-state index < -0.39 is 0 Å². The molecule has 0 aliphatic carbocycles. The van der Waals surface area contributed by atoms with E-state index in [0.29, 0.717) is 18.2 Å². The molecular formula is C15H20N4OS. The minimum absolute atomic E-state index is 0.0553. The van der Waals surface area contributed by atoms with Gasteiger partial charge in [0.15, 0.2) is 5.78 Å². The first-order chi connectivity index (χ1) is 10.3. The van der Waals surface area contributed by atoms with Crippen molar-refractivity contribution in [3.63, 3.8) is 0 Å². The highest BCUT2D eigenvalue weighted by Crippen LogP contribution is 2.20. The van der Waals surface area contributed by atoms with Crippen LogP contribution in [0.3, 0.4) is 0 Å². The molecule has 1 saturated heterocycles. The van der Waals surface area contributed by atoms with Gasteiger partial charge in [-0.3, -0.25) is 4.79 Å². The third-order valence-electron chi connectivity index (χ3n) is 3.88. The Balaban J connectivity index is 1.66. The molecule has 6 heteroatoms. The van der Waals surface area contributed by atoms with E-state index >= 15 is 0 Å². The lowest BCUT2D eigenvalue weighted by Gasteiger charge is -2.22. The summed E-state index contributed by atoms with van der Waals surface area (Å²) in [5.41, 5.74) is 0.486. The number of piperidine rings is 1. The molecule has 3 rings (SSSR count). The summed E-state index contributed by atoms with van der Waals surface area (Å²) in [6, 6.07) is 4.51. The zero-order valence-corrected chi connectivity index (χ0v) is 13.0. The third kappa shape index (κ3) is 3.39. The van der Waals surface area contributed by atoms with Crippen LogP contribution < -0.4 is 5.32 Å². The number of carbonyl (C=O) groups excluding carboxylic acids is 1. The van der Waals surface area contributed by atoms with Crippen molar-refractivity contribution < 1.29 is 4.79 Å². The van der Waals surface area contributed by atoms with Gasteiger partial charge in [0, 0.05) is 16.2 Å². The predicted octanol–water partition coefficient (Wildman–Crippen LogP) is 2.25. The van der Waals surface area contributed by atoms with Gasteiger partial charge >= 0.3 is 0 Å². The Hall–Kier alpha value is -1.53. The Labute approximate surface area is 128 Å². The fourth-order valence-corrected chi connectivity index (χ4v) is 3.57. The van der Waals surface area contributed by atoms with Gasteiger partial charge in [-0.1, -0.05) is 12.1 Å². The third-order valence-corrected chi connectivity index (χ3v) is 5.11. The molecular weight excluding hydrogens is 284 g/mol. The lowest BCUT2D eigenvalue weighted by molar-refractivity contribution is 0.0989. The summed E-state index contributed by atoms with van der Waals surface area (Å²) in [4.78, 5) is 14.7. The Morgan fingerprint density at radius 3 is 2.86 bits per heavy atom. The van der Waals surface area contributed by atoms with Gasteiger partial charge in [-0.25, -0.2) is 4.68 Å². The number of aryl methyl sites for hydroxylation is 1. The Morgan fingerprint density at radius 1 is 1.38 bits per heavy atom. The van der Waals surface area contributed by atoms with Crippen LogP contribution >= 0.6 is 11.3 Å². The Bertz CT molecular complexity index is 613. The minimum Gasteiger partial charge on any atom is -0.317 e. The standard InChI is InChI=1S/C15H20N4OS/c1-2-12-3-4-13(21-12)9-15(20)14-10-19(18-17-14)11-5-7-16-8-6-11/h3-4,10-11,16H,2,5-9H2,1H3. The zero-order valence-electron chi connectivity index (χ0n) is 12.2. The van der Waals surface area contributed by atoms with Crippen LogP contribution in [0.25, 0.3) is 0 Å². The van der Waals surface area contributed by atoms with Gasteiger partial charge in [0.2, 0.25) is 0 Å². The number of Topliss-reactive ketones (excluding diaryl/α,β-unsaturated/α-hetero) is 1. The molecule has 112 valence electrons. The molecule has 5 nitrogen and oxygen atoms in total. The summed E-state index contributed by atoms with van der Waals surface area (Å²) >= 11 is 1.71. The molecule has 2 aromatic heterocycles. The van der Waals surface area contributed by atoms with E-state index in [4.69, 9.17) is 0 Å². The van der Waals surface area contributed by atoms with Gasteiger partial charge in [0.05, 0.1) is 12.2 Å². The second-order valence-corrected chi connectivity index (χ2v) is 6.64. The van der Waals surface area contributed by atoms with E-state index in [1.807, 2.05) is 16.9 Å². The topological polar surface area (TPSA) is 59.8 Å². The van der Waals surface area contributed by atoms with E-state index in [0.717, 1.165) is 37.2 Å². The maximum Gasteiger partial charge on any atom is 0.189 e. The number of hydrogen-bond acceptors (Lipinski definition) is 5. The first-order valence-corrected chi connectivity index (χ1v) is 8.31. The van der Waals surface area contributed by atoms with E-state index in [-0.39, 0.29) is 5.78 Å². The highest BCUT2D eigenvalue weighted by atomic mass is 32.1. The summed E-state index contributed by atoms with van der Waals surface area (Å²) in [7, 11) is 0. The SMILES string of the molecule is CCc1ccc(CC(=O)c2cn(C3CCNCC3)nn2)s1. The first-order valence-electron chi connectivity index (χ1n) is 7.49. The normalized spacial score (nSPS) is 16.2. The summed E-state index contributed by atoms with van der Waals surface area (Å²) < 4.78 is 1.86. The number of hydrogen-bond donors (Lipinski definition) is 1. The minimum atomic E-state index is 0.0553. The van der Waals surface area contributed by atoms with Crippen LogP contribution in [-0.2, 0) is 12.8 Å². The van der Waals surface area contributed by atoms with Crippen molar-refractivity contribution >= 4 is 17.1 Å². The van der Waals surface area contributed by atoms with Crippen molar-refractivity contribution in [2.45, 2.75) is 38.6 Å². The number of carbonyl (C=O) groups is 1. The van der Waals surface area contributed by atoms with Crippen LogP contribution in [0.1, 0.15) is 46.0 Å². The quantitative estimate of drug-likeness (QED) is 0.861. The van der Waals surface area contributed by atoms with Gasteiger partial charge in [-0.05, 0) is 44.5 Å². The van der Waals surface area contributed by atoms with Crippen molar-refractivity contribution in [1.82, 2.24) is 20.3 Å². The predicted molar refractivity (Wildman–Crippen MR) is 82.9 cm³/mol. The lowest BCUT2D eigenvalue weighted by Crippen LogP contribution is -2.29. The first kappa shape index (κ1) is 14.4. The van der Waals surface area contributed by atoms with Crippen LogP contribution in [-0.4, -0.2) is 33.9 Å². The monoisotopic (exact) mass is 304 g/mol. The molecule has 21 heavy (non-hydrogen) atoms. The van der Waals surface area contributed by atoms with E-state index in [1.165, 1.54) is 4.88 Å². The molecule has 2 aromatic rings. The van der Waals surface area contributed by atoms with E-state index in [9.17, 15) is 4.79 Å². The average Bonchev–Trinajstić information content (AvgIpc) is 3.17. The summed E-state index contributed by atoms with van der Waals surface area (Å²) in [6.07, 6.45) is 5.34. The molecule has 3 heterocycles. The second-order valence-electron chi connectivity index (χ2n) is 5.39. The molecule has 0 radical (unpaired) electrons. The van der Waals surface area contributed by atoms with Crippen LogP contribution in [0, 0.1) is 0 Å². The molecule has 0 unspecified atom stereocenters. The number of ketones is 1. The molecule has 1 N–H and O–H groups in total. The highest BCUT2D eigenvalue weighted by molar-refractivity contribution is 7.12.